The molecule has 0 amide bonds. The molecule has 1 aliphatic carbocycles. The molecular formula is C30H38O11. The Balaban J connectivity index is 1.29. The van der Waals surface area contributed by atoms with E-state index in [1.165, 1.54) is 0 Å². The minimum Gasteiger partial charge on any atom is -0.493 e. The molecule has 0 aromatic heterocycles. The second kappa shape index (κ2) is 11.9. The molecule has 41 heavy (non-hydrogen) atoms. The number of carbonyl (C=O) groups excluding carboxylic acids is 1. The van der Waals surface area contributed by atoms with Crippen molar-refractivity contribution in [3.05, 3.63) is 35.4 Å². The molecule has 0 bridgehead atoms. The van der Waals surface area contributed by atoms with Gasteiger partial charge >= 0.3 is 0 Å². The average molecular weight is 575 g/mol. The van der Waals surface area contributed by atoms with E-state index in [0.717, 1.165) is 6.42 Å². The number of ketones is 1. The minimum atomic E-state index is -0.776. The highest BCUT2D eigenvalue weighted by atomic mass is 16.7. The summed E-state index contributed by atoms with van der Waals surface area (Å²) in [6.07, 6.45) is 0.818. The van der Waals surface area contributed by atoms with Crippen molar-refractivity contribution < 1.29 is 52.2 Å². The van der Waals surface area contributed by atoms with E-state index in [-0.39, 0.29) is 32.2 Å². The Morgan fingerprint density at radius 2 is 0.878 bits per heavy atom. The third-order valence-electron chi connectivity index (χ3n) is 8.24. The van der Waals surface area contributed by atoms with E-state index < -0.39 is 23.4 Å². The normalized spacial score (nSPS) is 27.9. The predicted molar refractivity (Wildman–Crippen MR) is 145 cm³/mol. The van der Waals surface area contributed by atoms with Crippen LogP contribution in [0, 0.1) is 10.8 Å². The monoisotopic (exact) mass is 574 g/mol. The fraction of sp³-hybridized carbons (Fsp3) is 0.567. The maximum atomic E-state index is 14.1. The molecule has 0 unspecified atom stereocenters. The molecule has 11 nitrogen and oxygen atoms in total. The van der Waals surface area contributed by atoms with Crippen molar-refractivity contribution in [1.29, 1.82) is 0 Å². The lowest BCUT2D eigenvalue weighted by molar-refractivity contribution is -0.261. The highest BCUT2D eigenvalue weighted by Gasteiger charge is 2.57. The Bertz CT molecular complexity index is 1100. The summed E-state index contributed by atoms with van der Waals surface area (Å²) in [6, 6.07) is 7.17. The van der Waals surface area contributed by atoms with Crippen molar-refractivity contribution in [2.24, 2.45) is 10.8 Å². The van der Waals surface area contributed by atoms with E-state index >= 15 is 0 Å². The van der Waals surface area contributed by atoms with E-state index in [4.69, 9.17) is 47.4 Å². The largest absolute Gasteiger partial charge is 0.493 e. The van der Waals surface area contributed by atoms with Crippen molar-refractivity contribution >= 4 is 5.78 Å². The Morgan fingerprint density at radius 1 is 0.561 bits per heavy atom. The van der Waals surface area contributed by atoms with Gasteiger partial charge in [-0.15, -0.1) is 0 Å². The number of methoxy groups -OCH3 is 6. The smallest absolute Gasteiger partial charge is 0.203 e. The van der Waals surface area contributed by atoms with Gasteiger partial charge in [-0.3, -0.25) is 4.79 Å². The van der Waals surface area contributed by atoms with Crippen LogP contribution < -0.4 is 28.4 Å². The highest BCUT2D eigenvalue weighted by molar-refractivity contribution is 5.92. The summed E-state index contributed by atoms with van der Waals surface area (Å²) in [7, 11) is 9.32. The van der Waals surface area contributed by atoms with E-state index in [2.05, 4.69) is 0 Å². The fourth-order valence-electron chi connectivity index (χ4n) is 6.09. The summed E-state index contributed by atoms with van der Waals surface area (Å²) >= 11 is 0. The summed E-state index contributed by atoms with van der Waals surface area (Å²) < 4.78 is 57.5. The van der Waals surface area contributed by atoms with Gasteiger partial charge in [0.1, 0.15) is 0 Å². The highest BCUT2D eigenvalue weighted by Crippen LogP contribution is 2.51. The van der Waals surface area contributed by atoms with Gasteiger partial charge in [-0.05, 0) is 37.1 Å². The van der Waals surface area contributed by atoms with Crippen LogP contribution in [0.5, 0.6) is 34.5 Å². The van der Waals surface area contributed by atoms with Crippen molar-refractivity contribution in [1.82, 2.24) is 0 Å². The maximum absolute atomic E-state index is 14.1. The summed E-state index contributed by atoms with van der Waals surface area (Å²) in [5.41, 5.74) is -0.127. The second-order valence-corrected chi connectivity index (χ2v) is 10.6. The average Bonchev–Trinajstić information content (AvgIpc) is 3.02. The summed E-state index contributed by atoms with van der Waals surface area (Å²) in [5.74, 6) is 3.03. The fourth-order valence-corrected chi connectivity index (χ4v) is 6.09. The second-order valence-electron chi connectivity index (χ2n) is 10.6. The number of rotatable bonds is 8. The van der Waals surface area contributed by atoms with Gasteiger partial charge in [-0.25, -0.2) is 0 Å². The van der Waals surface area contributed by atoms with Gasteiger partial charge in [0.05, 0.1) is 79.9 Å². The van der Waals surface area contributed by atoms with Gasteiger partial charge < -0.3 is 47.4 Å². The first kappa shape index (κ1) is 29.2. The standard InChI is InChI=1S/C30H38O11/c1-32-20-10-18(11-21(33-2)24(20)36-5)26-38-14-29(15-39-26)8-7-9-30(28(29)31)16-40-27(41-17-30)19-12-22(34-3)25(37-6)23(13-19)35-4/h10-13,26-27H,7-9,14-17H2,1-6H3. The molecule has 2 heterocycles. The molecular weight excluding hydrogens is 536 g/mol. The number of ether oxygens (including phenoxy) is 10. The number of hydrogen-bond acceptors (Lipinski definition) is 11. The Kier molecular flexibility index (Phi) is 8.51. The quantitative estimate of drug-likeness (QED) is 0.451. The molecule has 0 N–H and O–H groups in total. The summed E-state index contributed by atoms with van der Waals surface area (Å²) in [6.45, 7) is 0.910. The molecule has 0 radical (unpaired) electrons. The first-order chi connectivity index (χ1) is 19.9. The SMILES string of the molecule is COc1cc(C2OCC3(CCCC4(COC(c5cc(OC)c(OC)c(OC)c5)OC4)C3=O)CO2)cc(OC)c1OC. The van der Waals surface area contributed by atoms with Crippen molar-refractivity contribution in [3.63, 3.8) is 0 Å². The molecule has 3 fully saturated rings. The van der Waals surface area contributed by atoms with Crippen LogP contribution in [0.2, 0.25) is 0 Å². The van der Waals surface area contributed by atoms with Crippen LogP contribution in [-0.4, -0.2) is 74.9 Å². The zero-order valence-electron chi connectivity index (χ0n) is 24.4. The van der Waals surface area contributed by atoms with Crippen molar-refractivity contribution in [2.75, 3.05) is 69.1 Å². The van der Waals surface area contributed by atoms with E-state index in [9.17, 15) is 4.79 Å². The summed E-state index contributed by atoms with van der Waals surface area (Å²) in [5, 5.41) is 0. The van der Waals surface area contributed by atoms with Gasteiger partial charge in [0.2, 0.25) is 11.5 Å². The molecule has 224 valence electrons. The minimum absolute atomic E-state index is 0.0583. The van der Waals surface area contributed by atoms with E-state index in [1.807, 2.05) is 0 Å². The number of hydrogen-bond donors (Lipinski definition) is 0. The third-order valence-corrected chi connectivity index (χ3v) is 8.24. The Hall–Kier alpha value is -3.25. The lowest BCUT2D eigenvalue weighted by Gasteiger charge is -2.50. The molecule has 3 aliphatic rings. The van der Waals surface area contributed by atoms with Crippen molar-refractivity contribution in [2.45, 2.75) is 31.8 Å². The van der Waals surface area contributed by atoms with Crippen molar-refractivity contribution in [3.8, 4) is 34.5 Å². The molecule has 1 saturated carbocycles. The first-order valence-corrected chi connectivity index (χ1v) is 13.5. The van der Waals surface area contributed by atoms with Crippen LogP contribution >= 0.6 is 0 Å². The third kappa shape index (κ3) is 5.16. The zero-order chi connectivity index (χ0) is 29.2. The molecule has 0 atom stereocenters. The van der Waals surface area contributed by atoms with Crippen LogP contribution in [0.15, 0.2) is 24.3 Å². The van der Waals surface area contributed by atoms with Gasteiger partial charge in [0, 0.05) is 11.1 Å². The number of carbonyl (C=O) groups is 1. The van der Waals surface area contributed by atoms with E-state index in [1.54, 1.807) is 66.9 Å². The molecule has 2 aromatic carbocycles. The van der Waals surface area contributed by atoms with Crippen LogP contribution in [0.3, 0.4) is 0 Å². The Morgan fingerprint density at radius 3 is 1.15 bits per heavy atom. The molecule has 5 rings (SSSR count). The molecule has 2 saturated heterocycles. The summed E-state index contributed by atoms with van der Waals surface area (Å²) in [4.78, 5) is 14.1. The molecule has 2 aromatic rings. The lowest BCUT2D eigenvalue weighted by Crippen LogP contribution is -2.58. The van der Waals surface area contributed by atoms with Crippen LogP contribution in [0.25, 0.3) is 0 Å². The zero-order valence-corrected chi connectivity index (χ0v) is 24.4. The van der Waals surface area contributed by atoms with Gasteiger partial charge in [-0.1, -0.05) is 6.42 Å². The van der Waals surface area contributed by atoms with Crippen LogP contribution in [0.1, 0.15) is 43.0 Å². The van der Waals surface area contributed by atoms with Gasteiger partial charge in [-0.2, -0.15) is 0 Å². The maximum Gasteiger partial charge on any atom is 0.203 e. The van der Waals surface area contributed by atoms with Gasteiger partial charge in [0.15, 0.2) is 41.4 Å². The molecule has 2 aliphatic heterocycles. The molecule has 2 spiro atoms. The van der Waals surface area contributed by atoms with Gasteiger partial charge in [0.25, 0.3) is 0 Å². The predicted octanol–water partition coefficient (Wildman–Crippen LogP) is 4.26. The lowest BCUT2D eigenvalue weighted by atomic mass is 9.61. The van der Waals surface area contributed by atoms with E-state index in [0.29, 0.717) is 58.5 Å². The topological polar surface area (TPSA) is 109 Å². The van der Waals surface area contributed by atoms with Crippen LogP contribution in [-0.2, 0) is 23.7 Å². The Labute approximate surface area is 239 Å². The number of Topliss-reactive ketones (excluding diaryl/α,β-unsaturated/α-hetero) is 1. The van der Waals surface area contributed by atoms with Crippen LogP contribution in [0.4, 0.5) is 0 Å². The molecule has 11 heteroatoms. The first-order valence-electron chi connectivity index (χ1n) is 13.5. The number of benzene rings is 2.